The molecular formula is C18H23ClF2N4O3. The van der Waals surface area contributed by atoms with Crippen molar-refractivity contribution in [2.45, 2.75) is 32.0 Å². The first-order valence-electron chi connectivity index (χ1n) is 8.72. The number of nitrogens with zero attached hydrogens (tertiary/aromatic N) is 2. The van der Waals surface area contributed by atoms with Gasteiger partial charge in [0.05, 0.1) is 13.2 Å². The normalized spacial score (nSPS) is 16.4. The van der Waals surface area contributed by atoms with Crippen molar-refractivity contribution in [1.82, 2.24) is 20.4 Å². The van der Waals surface area contributed by atoms with Crippen LogP contribution in [0.4, 0.5) is 8.78 Å². The molecule has 2 aromatic rings. The van der Waals surface area contributed by atoms with Crippen molar-refractivity contribution in [3.05, 3.63) is 41.7 Å². The number of ether oxygens (including phenoxy) is 2. The van der Waals surface area contributed by atoms with Gasteiger partial charge in [0.2, 0.25) is 0 Å². The Morgan fingerprint density at radius 2 is 2.25 bits per heavy atom. The second-order valence-electron chi connectivity index (χ2n) is 6.22. The Hall–Kier alpha value is -2.39. The maximum absolute atomic E-state index is 12.6. The van der Waals surface area contributed by atoms with Crippen LogP contribution in [-0.2, 0) is 6.54 Å². The van der Waals surface area contributed by atoms with E-state index in [-0.39, 0.29) is 42.3 Å². The highest BCUT2D eigenvalue weighted by atomic mass is 35.5. The second kappa shape index (κ2) is 10.2. The highest BCUT2D eigenvalue weighted by Crippen LogP contribution is 2.25. The number of aromatic nitrogens is 2. The molecule has 0 bridgehead atoms. The topological polar surface area (TPSA) is 77.4 Å². The molecule has 1 fully saturated rings. The van der Waals surface area contributed by atoms with Crippen LogP contribution in [0.5, 0.6) is 11.5 Å². The summed E-state index contributed by atoms with van der Waals surface area (Å²) < 4.78 is 36.5. The molecule has 3 rings (SSSR count). The van der Waals surface area contributed by atoms with Crippen LogP contribution in [0, 0.1) is 0 Å². The summed E-state index contributed by atoms with van der Waals surface area (Å²) in [5.41, 5.74) is 0.665. The van der Waals surface area contributed by atoms with Crippen LogP contribution in [0.25, 0.3) is 0 Å². The Bertz CT molecular complexity index is 782. The predicted octanol–water partition coefficient (Wildman–Crippen LogP) is 2.77. The molecule has 1 aromatic heterocycles. The number of nitrogens with one attached hydrogen (secondary N) is 2. The molecule has 1 aliphatic rings. The number of rotatable bonds is 7. The summed E-state index contributed by atoms with van der Waals surface area (Å²) in [5.74, 6) is 0.0863. The second-order valence-corrected chi connectivity index (χ2v) is 6.22. The summed E-state index contributed by atoms with van der Waals surface area (Å²) in [6.07, 6.45) is 3.85. The van der Waals surface area contributed by atoms with Crippen LogP contribution in [0.15, 0.2) is 30.5 Å². The molecule has 28 heavy (non-hydrogen) atoms. The zero-order chi connectivity index (χ0) is 19.2. The standard InChI is InChI=1S/C18H22F2N4O3.ClH/c1-26-14-4-5-16(27-18(19)20)12(9-14)10-22-17(25)15-6-8-24(23-15)13-3-2-7-21-11-13;/h4-6,8-9,13,18,21H,2-3,7,10-11H2,1H3,(H,22,25);1H. The lowest BCUT2D eigenvalue weighted by atomic mass is 10.1. The molecule has 1 atom stereocenters. The third-order valence-corrected chi connectivity index (χ3v) is 4.41. The van der Waals surface area contributed by atoms with Gasteiger partial charge in [-0.25, -0.2) is 0 Å². The van der Waals surface area contributed by atoms with E-state index in [1.165, 1.54) is 19.2 Å². The summed E-state index contributed by atoms with van der Waals surface area (Å²) in [7, 11) is 1.47. The predicted molar refractivity (Wildman–Crippen MR) is 101 cm³/mol. The molecule has 0 saturated carbocycles. The van der Waals surface area contributed by atoms with Crippen LogP contribution < -0.4 is 20.1 Å². The molecular weight excluding hydrogens is 394 g/mol. The van der Waals surface area contributed by atoms with Crippen molar-refractivity contribution >= 4 is 18.3 Å². The summed E-state index contributed by atoms with van der Waals surface area (Å²) in [5, 5.41) is 10.3. The number of methoxy groups -OCH3 is 1. The average molecular weight is 417 g/mol. The van der Waals surface area contributed by atoms with E-state index in [1.54, 1.807) is 23.0 Å². The molecule has 154 valence electrons. The molecule has 1 aliphatic heterocycles. The molecule has 0 aliphatic carbocycles. The van der Waals surface area contributed by atoms with Gasteiger partial charge in [0.15, 0.2) is 0 Å². The Morgan fingerprint density at radius 1 is 1.43 bits per heavy atom. The molecule has 10 heteroatoms. The maximum Gasteiger partial charge on any atom is 0.387 e. The van der Waals surface area contributed by atoms with Crippen molar-refractivity contribution in [1.29, 1.82) is 0 Å². The van der Waals surface area contributed by atoms with Gasteiger partial charge in [-0.15, -0.1) is 12.4 Å². The Balaban J connectivity index is 0.00000280. The van der Waals surface area contributed by atoms with Gasteiger partial charge in [-0.05, 0) is 43.7 Å². The van der Waals surface area contributed by atoms with Crippen LogP contribution in [0.1, 0.15) is 34.9 Å². The Morgan fingerprint density at radius 3 is 2.93 bits per heavy atom. The molecule has 1 aromatic carbocycles. The molecule has 7 nitrogen and oxygen atoms in total. The van der Waals surface area contributed by atoms with Crippen LogP contribution in [0.3, 0.4) is 0 Å². The SMILES string of the molecule is COc1ccc(OC(F)F)c(CNC(=O)c2ccn(C3CCCNC3)n2)c1.Cl. The molecule has 1 saturated heterocycles. The largest absolute Gasteiger partial charge is 0.497 e. The molecule has 1 amide bonds. The van der Waals surface area contributed by atoms with Gasteiger partial charge in [0.25, 0.3) is 5.91 Å². The lowest BCUT2D eigenvalue weighted by Crippen LogP contribution is -2.32. The number of hydrogen-bond donors (Lipinski definition) is 2. The van der Waals surface area contributed by atoms with E-state index in [0.29, 0.717) is 11.3 Å². The molecule has 1 unspecified atom stereocenters. The Kier molecular flexibility index (Phi) is 8.01. The van der Waals surface area contributed by atoms with E-state index in [0.717, 1.165) is 25.9 Å². The minimum Gasteiger partial charge on any atom is -0.497 e. The number of halogens is 3. The number of benzene rings is 1. The molecule has 0 radical (unpaired) electrons. The third-order valence-electron chi connectivity index (χ3n) is 4.41. The van der Waals surface area contributed by atoms with Crippen molar-refractivity contribution in [3.8, 4) is 11.5 Å². The maximum atomic E-state index is 12.6. The Labute approximate surface area is 167 Å². The van der Waals surface area contributed by atoms with Gasteiger partial charge in [-0.1, -0.05) is 0 Å². The van der Waals surface area contributed by atoms with E-state index in [4.69, 9.17) is 4.74 Å². The fourth-order valence-corrected chi connectivity index (χ4v) is 3.02. The number of alkyl halides is 2. The minimum absolute atomic E-state index is 0. The first kappa shape index (κ1) is 21.9. The van der Waals surface area contributed by atoms with E-state index in [2.05, 4.69) is 20.5 Å². The molecule has 2 N–H and O–H groups in total. The monoisotopic (exact) mass is 416 g/mol. The van der Waals surface area contributed by atoms with Gasteiger partial charge in [-0.3, -0.25) is 9.48 Å². The van der Waals surface area contributed by atoms with Crippen molar-refractivity contribution in [2.24, 2.45) is 0 Å². The van der Waals surface area contributed by atoms with Crippen LogP contribution >= 0.6 is 12.4 Å². The number of carbonyl (C=O) groups is 1. The number of amides is 1. The first-order chi connectivity index (χ1) is 13.1. The molecule has 2 heterocycles. The van der Waals surface area contributed by atoms with E-state index >= 15 is 0 Å². The van der Waals surface area contributed by atoms with Crippen LogP contribution in [0.2, 0.25) is 0 Å². The zero-order valence-electron chi connectivity index (χ0n) is 15.4. The van der Waals surface area contributed by atoms with Crippen molar-refractivity contribution < 1.29 is 23.0 Å². The first-order valence-corrected chi connectivity index (χ1v) is 8.72. The lowest BCUT2D eigenvalue weighted by Gasteiger charge is -2.22. The van der Waals surface area contributed by atoms with Crippen LogP contribution in [-0.4, -0.2) is 42.5 Å². The van der Waals surface area contributed by atoms with Gasteiger partial charge < -0.3 is 20.1 Å². The number of hydrogen-bond acceptors (Lipinski definition) is 5. The van der Waals surface area contributed by atoms with Crippen molar-refractivity contribution in [3.63, 3.8) is 0 Å². The summed E-state index contributed by atoms with van der Waals surface area (Å²) in [6.45, 7) is -1.13. The summed E-state index contributed by atoms with van der Waals surface area (Å²) >= 11 is 0. The fraction of sp³-hybridized carbons (Fsp3) is 0.444. The summed E-state index contributed by atoms with van der Waals surface area (Å²) in [6, 6.07) is 6.32. The zero-order valence-corrected chi connectivity index (χ0v) is 16.2. The van der Waals surface area contributed by atoms with E-state index < -0.39 is 6.61 Å². The van der Waals surface area contributed by atoms with E-state index in [9.17, 15) is 13.6 Å². The quantitative estimate of drug-likeness (QED) is 0.725. The minimum atomic E-state index is -2.95. The van der Waals surface area contributed by atoms with Gasteiger partial charge >= 0.3 is 6.61 Å². The lowest BCUT2D eigenvalue weighted by molar-refractivity contribution is -0.0505. The smallest absolute Gasteiger partial charge is 0.387 e. The van der Waals surface area contributed by atoms with E-state index in [1.807, 2.05) is 0 Å². The average Bonchev–Trinajstić information content (AvgIpc) is 3.17. The summed E-state index contributed by atoms with van der Waals surface area (Å²) in [4.78, 5) is 12.4. The van der Waals surface area contributed by atoms with Gasteiger partial charge in [0, 0.05) is 24.8 Å². The highest BCUT2D eigenvalue weighted by Gasteiger charge is 2.18. The third kappa shape index (κ3) is 5.56. The highest BCUT2D eigenvalue weighted by molar-refractivity contribution is 5.92. The fourth-order valence-electron chi connectivity index (χ4n) is 3.02. The number of piperidine rings is 1. The molecule has 0 spiro atoms. The van der Waals surface area contributed by atoms with Crippen molar-refractivity contribution in [2.75, 3.05) is 20.2 Å². The van der Waals surface area contributed by atoms with Gasteiger partial charge in [-0.2, -0.15) is 13.9 Å². The van der Waals surface area contributed by atoms with Gasteiger partial charge in [0.1, 0.15) is 17.2 Å². The number of carbonyl (C=O) groups excluding carboxylic acids is 1.